The Morgan fingerprint density at radius 3 is 2.61 bits per heavy atom. The molecular weight excluding hydrogens is 292 g/mol. The zero-order valence-corrected chi connectivity index (χ0v) is 13.6. The molecule has 0 amide bonds. The van der Waals surface area contributed by atoms with Crippen molar-refractivity contribution < 1.29 is 0 Å². The SMILES string of the molecule is CNc1ccc2c(Nc3cc(C)[nH]n3)nn(C(C)C)c(=O)c2c1. The first-order valence-corrected chi connectivity index (χ1v) is 7.53. The van der Waals surface area contributed by atoms with Crippen molar-refractivity contribution in [3.63, 3.8) is 0 Å². The van der Waals surface area contributed by atoms with Crippen LogP contribution in [0.2, 0.25) is 0 Å². The minimum absolute atomic E-state index is 0.0355. The second-order valence-corrected chi connectivity index (χ2v) is 5.76. The third kappa shape index (κ3) is 2.77. The van der Waals surface area contributed by atoms with Crippen LogP contribution >= 0.6 is 0 Å². The lowest BCUT2D eigenvalue weighted by Crippen LogP contribution is -2.25. The summed E-state index contributed by atoms with van der Waals surface area (Å²) in [6.07, 6.45) is 0. The Kier molecular flexibility index (Phi) is 3.77. The first kappa shape index (κ1) is 15.1. The third-order valence-electron chi connectivity index (χ3n) is 3.65. The maximum absolute atomic E-state index is 12.7. The second kappa shape index (κ2) is 5.75. The van der Waals surface area contributed by atoms with Crippen LogP contribution in [0.25, 0.3) is 10.8 Å². The summed E-state index contributed by atoms with van der Waals surface area (Å²) in [7, 11) is 1.83. The molecule has 1 aromatic carbocycles. The molecule has 0 unspecified atom stereocenters. The van der Waals surface area contributed by atoms with Crippen LogP contribution in [0, 0.1) is 6.92 Å². The number of hydrogen-bond acceptors (Lipinski definition) is 5. The Bertz CT molecular complexity index is 909. The number of aromatic amines is 1. The van der Waals surface area contributed by atoms with Gasteiger partial charge in [-0.3, -0.25) is 9.89 Å². The predicted octanol–water partition coefficient (Wildman–Crippen LogP) is 2.79. The van der Waals surface area contributed by atoms with Gasteiger partial charge in [-0.05, 0) is 39.0 Å². The van der Waals surface area contributed by atoms with Crippen LogP contribution in [0.5, 0.6) is 0 Å². The minimum Gasteiger partial charge on any atom is -0.388 e. The number of rotatable bonds is 4. The fraction of sp³-hybridized carbons (Fsp3) is 0.312. The van der Waals surface area contributed by atoms with Crippen molar-refractivity contribution in [2.24, 2.45) is 0 Å². The molecule has 0 aliphatic carbocycles. The number of nitrogens with one attached hydrogen (secondary N) is 3. The lowest BCUT2D eigenvalue weighted by Gasteiger charge is -2.14. The normalized spacial score (nSPS) is 11.2. The molecule has 2 heterocycles. The first-order chi connectivity index (χ1) is 11.0. The van der Waals surface area contributed by atoms with Crippen LogP contribution < -0.4 is 16.2 Å². The molecule has 0 atom stereocenters. The Morgan fingerprint density at radius 2 is 2.00 bits per heavy atom. The van der Waals surface area contributed by atoms with E-state index in [4.69, 9.17) is 0 Å². The van der Waals surface area contributed by atoms with E-state index in [2.05, 4.69) is 25.9 Å². The van der Waals surface area contributed by atoms with Crippen LogP contribution in [0.3, 0.4) is 0 Å². The van der Waals surface area contributed by atoms with Gasteiger partial charge in [-0.2, -0.15) is 10.2 Å². The maximum Gasteiger partial charge on any atom is 0.275 e. The average molecular weight is 312 g/mol. The van der Waals surface area contributed by atoms with Crippen LogP contribution in [-0.4, -0.2) is 27.0 Å². The summed E-state index contributed by atoms with van der Waals surface area (Å²) < 4.78 is 1.49. The summed E-state index contributed by atoms with van der Waals surface area (Å²) in [6.45, 7) is 5.80. The lowest BCUT2D eigenvalue weighted by atomic mass is 10.1. The van der Waals surface area contributed by atoms with E-state index in [-0.39, 0.29) is 11.6 Å². The Balaban J connectivity index is 2.23. The topological polar surface area (TPSA) is 87.6 Å². The van der Waals surface area contributed by atoms with Crippen LogP contribution in [0.15, 0.2) is 29.1 Å². The second-order valence-electron chi connectivity index (χ2n) is 5.76. The van der Waals surface area contributed by atoms with Gasteiger partial charge in [0.2, 0.25) is 0 Å². The Hall–Kier alpha value is -2.83. The largest absolute Gasteiger partial charge is 0.388 e. The van der Waals surface area contributed by atoms with Crippen molar-refractivity contribution in [3.05, 3.63) is 40.3 Å². The molecule has 2 aromatic heterocycles. The van der Waals surface area contributed by atoms with E-state index < -0.39 is 0 Å². The predicted molar refractivity (Wildman–Crippen MR) is 92.5 cm³/mol. The zero-order valence-electron chi connectivity index (χ0n) is 13.6. The smallest absolute Gasteiger partial charge is 0.275 e. The number of hydrogen-bond donors (Lipinski definition) is 3. The highest BCUT2D eigenvalue weighted by Gasteiger charge is 2.14. The molecule has 120 valence electrons. The van der Waals surface area contributed by atoms with Crippen molar-refractivity contribution in [3.8, 4) is 0 Å². The lowest BCUT2D eigenvalue weighted by molar-refractivity contribution is 0.510. The molecule has 7 nitrogen and oxygen atoms in total. The number of benzene rings is 1. The summed E-state index contributed by atoms with van der Waals surface area (Å²) in [6, 6.07) is 7.51. The highest BCUT2D eigenvalue weighted by molar-refractivity contribution is 5.94. The van der Waals surface area contributed by atoms with E-state index >= 15 is 0 Å². The third-order valence-corrected chi connectivity index (χ3v) is 3.65. The van der Waals surface area contributed by atoms with Gasteiger partial charge < -0.3 is 10.6 Å². The van der Waals surface area contributed by atoms with Gasteiger partial charge in [0.1, 0.15) is 0 Å². The van der Waals surface area contributed by atoms with Gasteiger partial charge in [-0.1, -0.05) is 0 Å². The number of fused-ring (bicyclic) bond motifs is 1. The number of H-pyrrole nitrogens is 1. The van der Waals surface area contributed by atoms with Crippen molar-refractivity contribution in [1.82, 2.24) is 20.0 Å². The summed E-state index contributed by atoms with van der Waals surface area (Å²) >= 11 is 0. The quantitative estimate of drug-likeness (QED) is 0.689. The highest BCUT2D eigenvalue weighted by Crippen LogP contribution is 2.24. The molecule has 0 aliphatic heterocycles. The van der Waals surface area contributed by atoms with Gasteiger partial charge >= 0.3 is 0 Å². The molecule has 0 radical (unpaired) electrons. The number of anilines is 3. The average Bonchev–Trinajstić information content (AvgIpc) is 2.94. The van der Waals surface area contributed by atoms with Crippen molar-refractivity contribution in [1.29, 1.82) is 0 Å². The zero-order chi connectivity index (χ0) is 16.6. The maximum atomic E-state index is 12.7. The molecule has 7 heteroatoms. The van der Waals surface area contributed by atoms with E-state index in [0.29, 0.717) is 17.0 Å². The molecule has 0 saturated carbocycles. The van der Waals surface area contributed by atoms with Crippen LogP contribution in [-0.2, 0) is 0 Å². The molecular formula is C16H20N6O. The van der Waals surface area contributed by atoms with Crippen molar-refractivity contribution >= 4 is 28.1 Å². The fourth-order valence-electron chi connectivity index (χ4n) is 2.46. The van der Waals surface area contributed by atoms with E-state index in [9.17, 15) is 4.79 Å². The van der Waals surface area contributed by atoms with Crippen molar-refractivity contribution in [2.75, 3.05) is 17.7 Å². The number of aromatic nitrogens is 4. The molecule has 0 spiro atoms. The summed E-state index contributed by atoms with van der Waals surface area (Å²) in [5.41, 5.74) is 1.74. The molecule has 0 bridgehead atoms. The van der Waals surface area contributed by atoms with E-state index in [1.54, 1.807) is 0 Å². The molecule has 23 heavy (non-hydrogen) atoms. The van der Waals surface area contributed by atoms with Gasteiger partial charge in [0.15, 0.2) is 11.6 Å². The highest BCUT2D eigenvalue weighted by atomic mass is 16.1. The minimum atomic E-state index is -0.101. The van der Waals surface area contributed by atoms with Gasteiger partial charge in [-0.15, -0.1) is 0 Å². The summed E-state index contributed by atoms with van der Waals surface area (Å²) in [4.78, 5) is 12.7. The van der Waals surface area contributed by atoms with E-state index in [1.165, 1.54) is 4.68 Å². The first-order valence-electron chi connectivity index (χ1n) is 7.53. The standard InChI is InChI=1S/C16H20N6O/c1-9(2)22-16(23)13-8-11(17-4)5-6-12(13)15(21-22)18-14-7-10(3)19-20-14/h5-9,17H,1-4H3,(H2,18,19,20,21). The number of aryl methyl sites for hydroxylation is 1. The Labute approximate surface area is 133 Å². The summed E-state index contributed by atoms with van der Waals surface area (Å²) in [5.74, 6) is 1.28. The van der Waals surface area contributed by atoms with E-state index in [0.717, 1.165) is 16.8 Å². The van der Waals surface area contributed by atoms with Crippen molar-refractivity contribution in [2.45, 2.75) is 26.8 Å². The summed E-state index contributed by atoms with van der Waals surface area (Å²) in [5, 5.41) is 19.2. The van der Waals surface area contributed by atoms with Gasteiger partial charge in [0.05, 0.1) is 11.4 Å². The van der Waals surface area contributed by atoms with Gasteiger partial charge in [0.25, 0.3) is 5.56 Å². The van der Waals surface area contributed by atoms with E-state index in [1.807, 2.05) is 52.1 Å². The molecule has 3 rings (SSSR count). The van der Waals surface area contributed by atoms with Gasteiger partial charge in [-0.25, -0.2) is 4.68 Å². The molecule has 0 saturated heterocycles. The molecule has 0 fully saturated rings. The Morgan fingerprint density at radius 1 is 1.22 bits per heavy atom. The molecule has 3 N–H and O–H groups in total. The van der Waals surface area contributed by atoms with Crippen LogP contribution in [0.4, 0.5) is 17.3 Å². The fourth-order valence-corrected chi connectivity index (χ4v) is 2.46. The monoisotopic (exact) mass is 312 g/mol. The van der Waals surface area contributed by atoms with Crippen LogP contribution in [0.1, 0.15) is 25.6 Å². The number of nitrogens with zero attached hydrogens (tertiary/aromatic N) is 3. The molecule has 0 aliphatic rings. The molecule has 3 aromatic rings. The van der Waals surface area contributed by atoms with Gasteiger partial charge in [0, 0.05) is 29.9 Å².